The number of ether oxygens (including phenoxy) is 2. The maximum Gasteiger partial charge on any atom is 0.275 e. The quantitative estimate of drug-likeness (QED) is 0.517. The van der Waals surface area contributed by atoms with Crippen molar-refractivity contribution in [3.63, 3.8) is 0 Å². The molecule has 8 heteroatoms. The Morgan fingerprint density at radius 1 is 1.03 bits per heavy atom. The monoisotopic (exact) mass is 495 g/mol. The molecule has 1 N–H and O–H groups in total. The summed E-state index contributed by atoms with van der Waals surface area (Å²) >= 11 is 1.60. The summed E-state index contributed by atoms with van der Waals surface area (Å²) in [6, 6.07) is 9.47. The average molecular weight is 496 g/mol. The van der Waals surface area contributed by atoms with Gasteiger partial charge in [-0.2, -0.15) is 0 Å². The Labute approximate surface area is 210 Å². The molecule has 0 unspecified atom stereocenters. The normalized spacial score (nSPS) is 21.3. The summed E-state index contributed by atoms with van der Waals surface area (Å²) in [4.78, 5) is 29.7. The fourth-order valence-electron chi connectivity index (χ4n) is 5.52. The van der Waals surface area contributed by atoms with Gasteiger partial charge in [0.05, 0.1) is 31.0 Å². The third-order valence-corrected chi connectivity index (χ3v) is 8.31. The van der Waals surface area contributed by atoms with Crippen LogP contribution in [0.1, 0.15) is 62.4 Å². The van der Waals surface area contributed by atoms with Crippen LogP contribution in [-0.2, 0) is 11.3 Å². The molecular weight excluding hydrogens is 462 g/mol. The summed E-state index contributed by atoms with van der Waals surface area (Å²) in [7, 11) is 3.15. The number of nitrogens with zero attached hydrogens (tertiary/aromatic N) is 2. The summed E-state index contributed by atoms with van der Waals surface area (Å²) in [6.07, 6.45) is 7.90. The third kappa shape index (κ3) is 4.18. The Hall–Kier alpha value is -3.00. The lowest BCUT2D eigenvalue weighted by molar-refractivity contribution is -0.127. The van der Waals surface area contributed by atoms with Gasteiger partial charge in [0, 0.05) is 17.8 Å². The third-order valence-electron chi connectivity index (χ3n) is 7.46. The van der Waals surface area contributed by atoms with Gasteiger partial charge < -0.3 is 19.4 Å². The maximum atomic E-state index is 14.0. The average Bonchev–Trinajstić information content (AvgIpc) is 3.43. The number of anilines is 1. The Morgan fingerprint density at radius 2 is 1.74 bits per heavy atom. The fourth-order valence-corrected chi connectivity index (χ4v) is 6.34. The topological polar surface area (TPSA) is 72.8 Å². The number of thiophene rings is 1. The van der Waals surface area contributed by atoms with Crippen LogP contribution in [0, 0.1) is 0 Å². The van der Waals surface area contributed by atoms with E-state index < -0.39 is 5.54 Å². The predicted molar refractivity (Wildman–Crippen MR) is 139 cm³/mol. The molecule has 2 aliphatic rings. The van der Waals surface area contributed by atoms with E-state index in [0.29, 0.717) is 29.4 Å². The molecule has 0 saturated heterocycles. The summed E-state index contributed by atoms with van der Waals surface area (Å²) < 4.78 is 14.0. The highest BCUT2D eigenvalue weighted by Gasteiger charge is 2.49. The van der Waals surface area contributed by atoms with Crippen molar-refractivity contribution in [3.05, 3.63) is 41.4 Å². The van der Waals surface area contributed by atoms with E-state index in [9.17, 15) is 9.59 Å². The van der Waals surface area contributed by atoms with Gasteiger partial charge in [-0.05, 0) is 49.4 Å². The number of carbonyl (C=O) groups excluding carboxylic acids is 2. The van der Waals surface area contributed by atoms with Gasteiger partial charge in [0.1, 0.15) is 11.2 Å². The number of carbonyl (C=O) groups is 2. The van der Waals surface area contributed by atoms with Crippen LogP contribution in [0.2, 0.25) is 0 Å². The summed E-state index contributed by atoms with van der Waals surface area (Å²) in [6.45, 7) is 2.25. The van der Waals surface area contributed by atoms with Crippen molar-refractivity contribution in [2.24, 2.45) is 0 Å². The Bertz CT molecular complexity index is 1240. The maximum absolute atomic E-state index is 14.0. The number of aromatic nitrogens is 1. The van der Waals surface area contributed by atoms with Crippen molar-refractivity contribution in [3.8, 4) is 11.5 Å². The number of benzene rings is 1. The fraction of sp³-hybridized carbons (Fsp3) is 0.481. The SMILES string of the molecule is COc1ccc(N2C(=O)c3cc4sccc4n3C[C@@]2(C)C(=O)NC2CCCCCCC2)cc1OC. The van der Waals surface area contributed by atoms with E-state index in [1.165, 1.54) is 19.3 Å². The molecule has 0 spiro atoms. The molecule has 1 aliphatic carbocycles. The van der Waals surface area contributed by atoms with Crippen molar-refractivity contribution >= 4 is 39.1 Å². The van der Waals surface area contributed by atoms with Crippen molar-refractivity contribution in [1.29, 1.82) is 0 Å². The lowest BCUT2D eigenvalue weighted by atomic mass is 9.91. The van der Waals surface area contributed by atoms with E-state index in [-0.39, 0.29) is 17.9 Å². The Morgan fingerprint density at radius 3 is 2.46 bits per heavy atom. The molecule has 2 aromatic heterocycles. The lowest BCUT2D eigenvalue weighted by Crippen LogP contribution is -2.65. The molecule has 0 bridgehead atoms. The molecule has 7 nitrogen and oxygen atoms in total. The van der Waals surface area contributed by atoms with Crippen LogP contribution in [0.25, 0.3) is 10.2 Å². The first-order valence-corrected chi connectivity index (χ1v) is 13.3. The van der Waals surface area contributed by atoms with Gasteiger partial charge in [0.2, 0.25) is 5.91 Å². The summed E-state index contributed by atoms with van der Waals surface area (Å²) in [5, 5.41) is 5.36. The highest BCUT2D eigenvalue weighted by molar-refractivity contribution is 7.17. The number of fused-ring (bicyclic) bond motifs is 3. The van der Waals surface area contributed by atoms with Gasteiger partial charge in [-0.1, -0.05) is 32.1 Å². The first-order valence-electron chi connectivity index (χ1n) is 12.4. The molecule has 0 radical (unpaired) electrons. The molecule has 1 fully saturated rings. The van der Waals surface area contributed by atoms with E-state index in [0.717, 1.165) is 35.9 Å². The first kappa shape index (κ1) is 23.7. The zero-order chi connectivity index (χ0) is 24.6. The van der Waals surface area contributed by atoms with Crippen LogP contribution < -0.4 is 19.7 Å². The molecule has 1 saturated carbocycles. The number of amides is 2. The molecule has 1 atom stereocenters. The molecule has 1 aromatic carbocycles. The van der Waals surface area contributed by atoms with Gasteiger partial charge in [-0.3, -0.25) is 14.5 Å². The van der Waals surface area contributed by atoms with Gasteiger partial charge >= 0.3 is 0 Å². The van der Waals surface area contributed by atoms with E-state index >= 15 is 0 Å². The van der Waals surface area contributed by atoms with Crippen LogP contribution in [0.4, 0.5) is 5.69 Å². The largest absolute Gasteiger partial charge is 0.493 e. The second-order valence-electron chi connectivity index (χ2n) is 9.76. The smallest absolute Gasteiger partial charge is 0.275 e. The molecule has 35 heavy (non-hydrogen) atoms. The number of rotatable bonds is 5. The minimum atomic E-state index is -1.11. The van der Waals surface area contributed by atoms with Gasteiger partial charge in [0.25, 0.3) is 5.91 Å². The minimum Gasteiger partial charge on any atom is -0.493 e. The Balaban J connectivity index is 1.57. The standard InChI is InChI=1S/C27H33N3O4S/c1-27(26(32)28-18-9-7-5-4-6-8-10-18)17-29-20-13-14-35-24(20)16-21(29)25(31)30(27)19-11-12-22(33-2)23(15-19)34-3/h11-16,18H,4-10,17H2,1-3H3,(H,28,32)/t27-/m0/s1. The second kappa shape index (κ2) is 9.57. The predicted octanol–water partition coefficient (Wildman–Crippen LogP) is 5.37. The van der Waals surface area contributed by atoms with Gasteiger partial charge in [0.15, 0.2) is 11.5 Å². The first-order chi connectivity index (χ1) is 17.0. The number of hydrogen-bond donors (Lipinski definition) is 1. The van der Waals surface area contributed by atoms with Crippen molar-refractivity contribution < 1.29 is 19.1 Å². The molecule has 3 heterocycles. The lowest BCUT2D eigenvalue weighted by Gasteiger charge is -2.44. The number of nitrogens with one attached hydrogen (secondary N) is 1. The second-order valence-corrected chi connectivity index (χ2v) is 10.7. The van der Waals surface area contributed by atoms with Crippen molar-refractivity contribution in [2.75, 3.05) is 19.1 Å². The van der Waals surface area contributed by atoms with Crippen molar-refractivity contribution in [1.82, 2.24) is 9.88 Å². The highest BCUT2D eigenvalue weighted by Crippen LogP contribution is 2.40. The van der Waals surface area contributed by atoms with E-state index in [1.807, 2.05) is 35.1 Å². The van der Waals surface area contributed by atoms with Crippen LogP contribution >= 0.6 is 11.3 Å². The minimum absolute atomic E-state index is 0.117. The van der Waals surface area contributed by atoms with Crippen LogP contribution in [0.15, 0.2) is 35.7 Å². The highest BCUT2D eigenvalue weighted by atomic mass is 32.1. The van der Waals surface area contributed by atoms with Crippen LogP contribution in [-0.4, -0.2) is 42.2 Å². The van der Waals surface area contributed by atoms with E-state index in [2.05, 4.69) is 5.32 Å². The number of hydrogen-bond acceptors (Lipinski definition) is 5. The van der Waals surface area contributed by atoms with E-state index in [1.54, 1.807) is 42.6 Å². The summed E-state index contributed by atoms with van der Waals surface area (Å²) in [5.74, 6) is 0.781. The zero-order valence-corrected chi connectivity index (χ0v) is 21.5. The molecular formula is C27H33N3O4S. The molecule has 3 aromatic rings. The zero-order valence-electron chi connectivity index (χ0n) is 20.6. The van der Waals surface area contributed by atoms with E-state index in [4.69, 9.17) is 9.47 Å². The number of methoxy groups -OCH3 is 2. The molecule has 1 aliphatic heterocycles. The van der Waals surface area contributed by atoms with Crippen LogP contribution in [0.5, 0.6) is 11.5 Å². The Kier molecular flexibility index (Phi) is 6.49. The van der Waals surface area contributed by atoms with Gasteiger partial charge in [-0.15, -0.1) is 11.3 Å². The molecule has 2 amide bonds. The van der Waals surface area contributed by atoms with Crippen molar-refractivity contribution in [2.45, 2.75) is 70.0 Å². The molecule has 186 valence electrons. The van der Waals surface area contributed by atoms with Gasteiger partial charge in [-0.25, -0.2) is 0 Å². The molecule has 5 rings (SSSR count). The van der Waals surface area contributed by atoms with Crippen LogP contribution in [0.3, 0.4) is 0 Å². The summed E-state index contributed by atoms with van der Waals surface area (Å²) in [5.41, 5.74) is 1.09.